The molecule has 0 saturated heterocycles. The standard InChI is InChI=1S/C27H26FN5O3S/c1-4-18-9-6-5-7-10-19(30-14-18)16-36-27-33-32-26(37-27)31-25(34)21-15-29-17(2)13-20(21)24-22(28)11-8-12-23(24)35-3/h4,8-15H,1,5-7,16H2,2-3H3,(H,31,32,34)/b18-9?,19-10+,30-14?. The van der Waals surface area contributed by atoms with Gasteiger partial charge in [0.1, 0.15) is 18.2 Å². The largest absolute Gasteiger partial charge is 0.496 e. The summed E-state index contributed by atoms with van der Waals surface area (Å²) in [6.07, 6.45) is 11.9. The van der Waals surface area contributed by atoms with Crippen molar-refractivity contribution in [3.05, 3.63) is 83.6 Å². The minimum absolute atomic E-state index is 0.169. The van der Waals surface area contributed by atoms with Crippen molar-refractivity contribution in [3.8, 4) is 22.1 Å². The molecule has 1 amide bonds. The number of nitrogens with zero attached hydrogens (tertiary/aromatic N) is 4. The van der Waals surface area contributed by atoms with Crippen LogP contribution in [0.4, 0.5) is 9.52 Å². The molecule has 3 aromatic rings. The van der Waals surface area contributed by atoms with Crippen LogP contribution in [-0.4, -0.2) is 41.0 Å². The third kappa shape index (κ3) is 6.53. The van der Waals surface area contributed by atoms with E-state index in [-0.39, 0.29) is 28.1 Å². The summed E-state index contributed by atoms with van der Waals surface area (Å²) in [5, 5.41) is 11.2. The zero-order valence-electron chi connectivity index (χ0n) is 20.5. The van der Waals surface area contributed by atoms with E-state index in [1.54, 1.807) is 37.4 Å². The zero-order chi connectivity index (χ0) is 26.2. The molecule has 0 fully saturated rings. The Kier molecular flexibility index (Phi) is 8.52. The maximum atomic E-state index is 14.8. The summed E-state index contributed by atoms with van der Waals surface area (Å²) in [5.74, 6) is -0.713. The fourth-order valence-electron chi connectivity index (χ4n) is 3.65. The van der Waals surface area contributed by atoms with Crippen LogP contribution in [0.15, 0.2) is 71.5 Å². The van der Waals surface area contributed by atoms with E-state index in [0.29, 0.717) is 17.0 Å². The normalized spacial score (nSPS) is 14.9. The molecule has 0 spiro atoms. The molecule has 0 radical (unpaired) electrons. The van der Waals surface area contributed by atoms with Gasteiger partial charge >= 0.3 is 0 Å². The van der Waals surface area contributed by atoms with Crippen LogP contribution in [0, 0.1) is 12.7 Å². The molecule has 1 aliphatic heterocycles. The summed E-state index contributed by atoms with van der Waals surface area (Å²) in [4.78, 5) is 21.9. The second-order valence-corrected chi connectivity index (χ2v) is 9.04. The van der Waals surface area contributed by atoms with E-state index in [0.717, 1.165) is 41.9 Å². The number of allylic oxidation sites excluding steroid dienone is 4. The van der Waals surface area contributed by atoms with Crippen LogP contribution < -0.4 is 14.8 Å². The van der Waals surface area contributed by atoms with Gasteiger partial charge < -0.3 is 9.47 Å². The van der Waals surface area contributed by atoms with Crippen LogP contribution in [0.2, 0.25) is 0 Å². The number of aryl methyl sites for hydroxylation is 1. The van der Waals surface area contributed by atoms with Crippen molar-refractivity contribution in [1.29, 1.82) is 0 Å². The highest BCUT2D eigenvalue weighted by atomic mass is 32.1. The molecule has 1 N–H and O–H groups in total. The number of carbonyl (C=O) groups is 1. The minimum Gasteiger partial charge on any atom is -0.496 e. The molecular formula is C27H26FN5O3S. The molecule has 0 unspecified atom stereocenters. The van der Waals surface area contributed by atoms with Gasteiger partial charge in [0.2, 0.25) is 5.13 Å². The number of amides is 1. The Bertz CT molecular complexity index is 1400. The predicted octanol–water partition coefficient (Wildman–Crippen LogP) is 5.94. The molecule has 3 heterocycles. The molecule has 10 heteroatoms. The highest BCUT2D eigenvalue weighted by molar-refractivity contribution is 7.17. The van der Waals surface area contributed by atoms with Crippen molar-refractivity contribution in [3.63, 3.8) is 0 Å². The average molecular weight is 520 g/mol. The lowest BCUT2D eigenvalue weighted by atomic mass is 9.98. The number of hydrogen-bond acceptors (Lipinski definition) is 8. The quantitative estimate of drug-likeness (QED) is 0.396. The molecule has 0 aliphatic carbocycles. The Morgan fingerprint density at radius 1 is 1.27 bits per heavy atom. The fourth-order valence-corrected chi connectivity index (χ4v) is 4.24. The van der Waals surface area contributed by atoms with Crippen molar-refractivity contribution in [2.45, 2.75) is 26.2 Å². The Labute approximate surface area is 218 Å². The number of ether oxygens (including phenoxy) is 2. The maximum Gasteiger partial charge on any atom is 0.296 e. The topological polar surface area (TPSA) is 98.6 Å². The highest BCUT2D eigenvalue weighted by Gasteiger charge is 2.21. The van der Waals surface area contributed by atoms with E-state index in [4.69, 9.17) is 9.47 Å². The van der Waals surface area contributed by atoms with E-state index in [2.05, 4.69) is 38.1 Å². The van der Waals surface area contributed by atoms with Crippen LogP contribution in [0.25, 0.3) is 11.1 Å². The molecule has 2 aromatic heterocycles. The number of aromatic nitrogens is 3. The molecule has 1 aliphatic rings. The molecule has 0 atom stereocenters. The molecular weight excluding hydrogens is 493 g/mol. The van der Waals surface area contributed by atoms with E-state index in [9.17, 15) is 9.18 Å². The van der Waals surface area contributed by atoms with Gasteiger partial charge in [-0.2, -0.15) is 0 Å². The molecule has 37 heavy (non-hydrogen) atoms. The van der Waals surface area contributed by atoms with Gasteiger partial charge in [-0.1, -0.05) is 36.0 Å². The Morgan fingerprint density at radius 2 is 2.11 bits per heavy atom. The first-order valence-electron chi connectivity index (χ1n) is 11.6. The van der Waals surface area contributed by atoms with Gasteiger partial charge in [0.05, 0.1) is 23.9 Å². The number of pyridine rings is 1. The first-order valence-corrected chi connectivity index (χ1v) is 12.4. The van der Waals surface area contributed by atoms with Gasteiger partial charge in [-0.05, 0) is 61.3 Å². The van der Waals surface area contributed by atoms with Crippen LogP contribution >= 0.6 is 11.3 Å². The highest BCUT2D eigenvalue weighted by Crippen LogP contribution is 2.35. The number of hydrogen-bond donors (Lipinski definition) is 1. The molecule has 190 valence electrons. The fraction of sp³-hybridized carbons (Fsp3) is 0.222. The summed E-state index contributed by atoms with van der Waals surface area (Å²) in [5.41, 5.74) is 3.07. The number of nitrogens with one attached hydrogen (secondary N) is 1. The van der Waals surface area contributed by atoms with Crippen LogP contribution in [0.3, 0.4) is 0 Å². The van der Waals surface area contributed by atoms with Gasteiger partial charge in [0.15, 0.2) is 0 Å². The summed E-state index contributed by atoms with van der Waals surface area (Å²) in [7, 11) is 1.45. The third-order valence-electron chi connectivity index (χ3n) is 5.50. The number of aliphatic imine (C=N–C) groups is 1. The van der Waals surface area contributed by atoms with Crippen LogP contribution in [0.1, 0.15) is 35.3 Å². The molecule has 4 rings (SSSR count). The first kappa shape index (κ1) is 25.9. The average Bonchev–Trinajstić information content (AvgIpc) is 3.38. The zero-order valence-corrected chi connectivity index (χ0v) is 21.3. The van der Waals surface area contributed by atoms with Gasteiger partial charge in [0.25, 0.3) is 11.1 Å². The lowest BCUT2D eigenvalue weighted by Gasteiger charge is -2.14. The van der Waals surface area contributed by atoms with E-state index < -0.39 is 11.7 Å². The van der Waals surface area contributed by atoms with Crippen LogP contribution in [0.5, 0.6) is 10.9 Å². The summed E-state index contributed by atoms with van der Waals surface area (Å²) in [6.45, 7) is 5.78. The molecule has 0 bridgehead atoms. The van der Waals surface area contributed by atoms with E-state index in [1.807, 2.05) is 6.08 Å². The number of methoxy groups -OCH3 is 1. The summed E-state index contributed by atoms with van der Waals surface area (Å²) >= 11 is 1.08. The van der Waals surface area contributed by atoms with Crippen molar-refractivity contribution < 1.29 is 18.7 Å². The SMILES string of the molecule is C=CC1=CCCC/C=C(\COc2nnc(NC(=O)c3cnc(C)cc3-c3c(F)cccc3OC)s2)N=C1. The lowest BCUT2D eigenvalue weighted by molar-refractivity contribution is 0.102. The first-order chi connectivity index (χ1) is 18.0. The molecule has 8 nitrogen and oxygen atoms in total. The van der Waals surface area contributed by atoms with Crippen molar-refractivity contribution >= 4 is 28.6 Å². The van der Waals surface area contributed by atoms with Crippen molar-refractivity contribution in [2.75, 3.05) is 19.0 Å². The number of carbonyl (C=O) groups excluding carboxylic acids is 1. The van der Waals surface area contributed by atoms with Gasteiger partial charge in [0, 0.05) is 23.7 Å². The van der Waals surface area contributed by atoms with Gasteiger partial charge in [-0.25, -0.2) is 4.39 Å². The Morgan fingerprint density at radius 3 is 2.92 bits per heavy atom. The lowest BCUT2D eigenvalue weighted by Crippen LogP contribution is -2.14. The molecule has 1 aromatic carbocycles. The maximum absolute atomic E-state index is 14.8. The van der Waals surface area contributed by atoms with Crippen molar-refractivity contribution in [1.82, 2.24) is 15.2 Å². The monoisotopic (exact) mass is 519 g/mol. The molecule has 0 saturated carbocycles. The predicted molar refractivity (Wildman–Crippen MR) is 143 cm³/mol. The summed E-state index contributed by atoms with van der Waals surface area (Å²) < 4.78 is 25.9. The minimum atomic E-state index is -0.511. The van der Waals surface area contributed by atoms with E-state index in [1.165, 1.54) is 19.4 Å². The van der Waals surface area contributed by atoms with Crippen LogP contribution in [-0.2, 0) is 0 Å². The van der Waals surface area contributed by atoms with Crippen molar-refractivity contribution in [2.24, 2.45) is 4.99 Å². The van der Waals surface area contributed by atoms with Gasteiger partial charge in [-0.3, -0.25) is 20.1 Å². The third-order valence-corrected chi connectivity index (χ3v) is 6.25. The number of halogens is 1. The van der Waals surface area contributed by atoms with E-state index >= 15 is 0 Å². The van der Waals surface area contributed by atoms with Gasteiger partial charge in [-0.15, -0.1) is 5.10 Å². The number of benzene rings is 1. The Hall–Kier alpha value is -4.18. The second-order valence-electron chi connectivity index (χ2n) is 8.10. The second kappa shape index (κ2) is 12.2. The smallest absolute Gasteiger partial charge is 0.296 e. The summed E-state index contributed by atoms with van der Waals surface area (Å²) in [6, 6.07) is 6.14. The Balaban J connectivity index is 1.49. The number of anilines is 1. The number of rotatable bonds is 8.